The lowest BCUT2D eigenvalue weighted by Gasteiger charge is -2.34. The summed E-state index contributed by atoms with van der Waals surface area (Å²) < 4.78 is 7.46. The van der Waals surface area contributed by atoms with E-state index < -0.39 is 5.60 Å². The molecule has 6 nitrogen and oxygen atoms in total. The van der Waals surface area contributed by atoms with Crippen LogP contribution in [-0.2, 0) is 9.53 Å². The summed E-state index contributed by atoms with van der Waals surface area (Å²) in [5, 5.41) is 10.8. The van der Waals surface area contributed by atoms with Crippen LogP contribution in [0.5, 0.6) is 0 Å². The van der Waals surface area contributed by atoms with E-state index in [9.17, 15) is 4.79 Å². The predicted molar refractivity (Wildman–Crippen MR) is 93.5 cm³/mol. The molecule has 1 aliphatic heterocycles. The number of methoxy groups -OCH3 is 1. The molecule has 0 atom stereocenters. The SMILES string of the molecule is COC1(C(=O)Nc2cccc(-n3nc(C)cc3C)c2)CCNCC1. The van der Waals surface area contributed by atoms with Crippen LogP contribution in [0.2, 0.25) is 0 Å². The highest BCUT2D eigenvalue weighted by Crippen LogP contribution is 2.25. The Hall–Kier alpha value is -2.18. The van der Waals surface area contributed by atoms with Gasteiger partial charge >= 0.3 is 0 Å². The molecular formula is C18H24N4O2. The molecule has 1 amide bonds. The first-order chi connectivity index (χ1) is 11.5. The summed E-state index contributed by atoms with van der Waals surface area (Å²) in [7, 11) is 1.61. The van der Waals surface area contributed by atoms with Gasteiger partial charge in [-0.25, -0.2) is 4.68 Å². The highest BCUT2D eigenvalue weighted by atomic mass is 16.5. The van der Waals surface area contributed by atoms with Gasteiger partial charge in [0.25, 0.3) is 5.91 Å². The zero-order valence-electron chi connectivity index (χ0n) is 14.4. The van der Waals surface area contributed by atoms with Gasteiger partial charge in [0, 0.05) is 18.5 Å². The van der Waals surface area contributed by atoms with Gasteiger partial charge in [0.05, 0.1) is 11.4 Å². The highest BCUT2D eigenvalue weighted by molar-refractivity contribution is 5.97. The maximum absolute atomic E-state index is 12.8. The zero-order chi connectivity index (χ0) is 17.2. The number of hydrogen-bond donors (Lipinski definition) is 2. The van der Waals surface area contributed by atoms with Crippen LogP contribution >= 0.6 is 0 Å². The van der Waals surface area contributed by atoms with Gasteiger partial charge in [-0.05, 0) is 64.0 Å². The standard InChI is InChI=1S/C18H24N4O2/c1-13-11-14(2)22(21-13)16-6-4-5-15(12-16)20-17(23)18(24-3)7-9-19-10-8-18/h4-6,11-12,19H,7-10H2,1-3H3,(H,20,23). The third-order valence-electron chi connectivity index (χ3n) is 4.57. The minimum Gasteiger partial charge on any atom is -0.368 e. The number of piperidine rings is 1. The van der Waals surface area contributed by atoms with Crippen molar-refractivity contribution in [2.45, 2.75) is 32.3 Å². The molecule has 1 aromatic heterocycles. The second-order valence-corrected chi connectivity index (χ2v) is 6.29. The first kappa shape index (κ1) is 16.7. The number of amides is 1. The van der Waals surface area contributed by atoms with Crippen LogP contribution in [-0.4, -0.2) is 41.5 Å². The fourth-order valence-corrected chi connectivity index (χ4v) is 3.21. The lowest BCUT2D eigenvalue weighted by atomic mass is 9.91. The first-order valence-electron chi connectivity index (χ1n) is 8.25. The number of hydrogen-bond acceptors (Lipinski definition) is 4. The molecule has 2 N–H and O–H groups in total. The van der Waals surface area contributed by atoms with Gasteiger partial charge in [0.1, 0.15) is 5.60 Å². The van der Waals surface area contributed by atoms with Crippen LogP contribution in [0.3, 0.4) is 0 Å². The second kappa shape index (κ2) is 6.75. The molecule has 2 aromatic rings. The number of nitrogens with one attached hydrogen (secondary N) is 2. The lowest BCUT2D eigenvalue weighted by Crippen LogP contribution is -2.51. The largest absolute Gasteiger partial charge is 0.368 e. The zero-order valence-corrected chi connectivity index (χ0v) is 14.4. The minimum absolute atomic E-state index is 0.0861. The lowest BCUT2D eigenvalue weighted by molar-refractivity contribution is -0.140. The molecule has 0 bridgehead atoms. The number of benzene rings is 1. The monoisotopic (exact) mass is 328 g/mol. The van der Waals surface area contributed by atoms with Crippen LogP contribution in [0.15, 0.2) is 30.3 Å². The van der Waals surface area contributed by atoms with Gasteiger partial charge in [-0.1, -0.05) is 6.07 Å². The van der Waals surface area contributed by atoms with E-state index in [-0.39, 0.29) is 5.91 Å². The number of carbonyl (C=O) groups excluding carboxylic acids is 1. The molecule has 1 fully saturated rings. The van der Waals surface area contributed by atoms with E-state index >= 15 is 0 Å². The first-order valence-corrected chi connectivity index (χ1v) is 8.25. The molecule has 6 heteroatoms. The van der Waals surface area contributed by atoms with Crippen molar-refractivity contribution in [3.05, 3.63) is 41.7 Å². The van der Waals surface area contributed by atoms with Gasteiger partial charge in [0.2, 0.25) is 0 Å². The number of rotatable bonds is 4. The minimum atomic E-state index is -0.751. The van der Waals surface area contributed by atoms with Crippen molar-refractivity contribution in [2.75, 3.05) is 25.5 Å². The molecule has 0 spiro atoms. The number of carbonyl (C=O) groups is 1. The third-order valence-corrected chi connectivity index (χ3v) is 4.57. The molecule has 0 radical (unpaired) electrons. The van der Waals surface area contributed by atoms with Crippen LogP contribution < -0.4 is 10.6 Å². The van der Waals surface area contributed by atoms with Crippen molar-refractivity contribution in [1.29, 1.82) is 0 Å². The van der Waals surface area contributed by atoms with E-state index in [2.05, 4.69) is 15.7 Å². The van der Waals surface area contributed by atoms with Gasteiger partial charge in [-0.15, -0.1) is 0 Å². The van der Waals surface area contributed by atoms with E-state index in [0.29, 0.717) is 12.8 Å². The van der Waals surface area contributed by atoms with Crippen molar-refractivity contribution in [3.8, 4) is 5.69 Å². The van der Waals surface area contributed by atoms with Gasteiger partial charge in [-0.2, -0.15) is 5.10 Å². The summed E-state index contributed by atoms with van der Waals surface area (Å²) in [6.07, 6.45) is 1.35. The smallest absolute Gasteiger partial charge is 0.256 e. The topological polar surface area (TPSA) is 68.2 Å². The molecule has 0 aliphatic carbocycles. The Bertz CT molecular complexity index is 732. The van der Waals surface area contributed by atoms with Crippen molar-refractivity contribution >= 4 is 11.6 Å². The van der Waals surface area contributed by atoms with E-state index in [1.165, 1.54) is 0 Å². The van der Waals surface area contributed by atoms with Crippen molar-refractivity contribution in [3.63, 3.8) is 0 Å². The Balaban J connectivity index is 1.82. The second-order valence-electron chi connectivity index (χ2n) is 6.29. The maximum atomic E-state index is 12.8. The fraction of sp³-hybridized carbons (Fsp3) is 0.444. The Morgan fingerprint density at radius 2 is 2.04 bits per heavy atom. The number of aromatic nitrogens is 2. The molecule has 3 rings (SSSR count). The Morgan fingerprint density at radius 1 is 1.29 bits per heavy atom. The molecule has 1 aliphatic rings. The van der Waals surface area contributed by atoms with Gasteiger partial charge in [-0.3, -0.25) is 4.79 Å². The van der Waals surface area contributed by atoms with E-state index in [1.54, 1.807) is 7.11 Å². The quantitative estimate of drug-likeness (QED) is 0.903. The summed E-state index contributed by atoms with van der Waals surface area (Å²) >= 11 is 0. The highest BCUT2D eigenvalue weighted by Gasteiger charge is 2.39. The third kappa shape index (κ3) is 3.20. The normalized spacial score (nSPS) is 16.8. The molecule has 128 valence electrons. The number of aryl methyl sites for hydroxylation is 2. The van der Waals surface area contributed by atoms with Crippen LogP contribution in [0.4, 0.5) is 5.69 Å². The number of anilines is 1. The molecule has 0 unspecified atom stereocenters. The average Bonchev–Trinajstić information content (AvgIpc) is 2.94. The maximum Gasteiger partial charge on any atom is 0.256 e. The van der Waals surface area contributed by atoms with E-state index in [4.69, 9.17) is 4.74 Å². The van der Waals surface area contributed by atoms with Crippen LogP contribution in [0.25, 0.3) is 5.69 Å². The van der Waals surface area contributed by atoms with Gasteiger partial charge < -0.3 is 15.4 Å². The summed E-state index contributed by atoms with van der Waals surface area (Å²) in [5.74, 6) is -0.0861. The Labute approximate surface area is 142 Å². The van der Waals surface area contributed by atoms with Crippen molar-refractivity contribution in [2.24, 2.45) is 0 Å². The predicted octanol–water partition coefficient (Wildman–Crippen LogP) is 2.20. The van der Waals surface area contributed by atoms with Crippen molar-refractivity contribution < 1.29 is 9.53 Å². The van der Waals surface area contributed by atoms with Gasteiger partial charge in [0.15, 0.2) is 0 Å². The molecule has 24 heavy (non-hydrogen) atoms. The van der Waals surface area contributed by atoms with Crippen molar-refractivity contribution in [1.82, 2.24) is 15.1 Å². The molecule has 1 saturated heterocycles. The summed E-state index contributed by atoms with van der Waals surface area (Å²) in [4.78, 5) is 12.8. The Morgan fingerprint density at radius 3 is 2.67 bits per heavy atom. The summed E-state index contributed by atoms with van der Waals surface area (Å²) in [6, 6.07) is 9.74. The van der Waals surface area contributed by atoms with Crippen LogP contribution in [0, 0.1) is 13.8 Å². The van der Waals surface area contributed by atoms with E-state index in [1.807, 2.05) is 48.9 Å². The Kier molecular flexibility index (Phi) is 4.69. The number of ether oxygens (including phenoxy) is 1. The summed E-state index contributed by atoms with van der Waals surface area (Å²) in [5.41, 5.74) is 2.95. The average molecular weight is 328 g/mol. The molecule has 1 aromatic carbocycles. The number of nitrogens with zero attached hydrogens (tertiary/aromatic N) is 2. The van der Waals surface area contributed by atoms with Crippen LogP contribution in [0.1, 0.15) is 24.2 Å². The molecule has 0 saturated carbocycles. The fourth-order valence-electron chi connectivity index (χ4n) is 3.21. The molecule has 2 heterocycles. The van der Waals surface area contributed by atoms with E-state index in [0.717, 1.165) is 35.9 Å². The summed E-state index contributed by atoms with van der Waals surface area (Å²) in [6.45, 7) is 5.55. The molecular weight excluding hydrogens is 304 g/mol.